The van der Waals surface area contributed by atoms with Crippen LogP contribution in [0.4, 0.5) is 20.2 Å². The van der Waals surface area contributed by atoms with Gasteiger partial charge in [0.05, 0.1) is 4.92 Å². The number of amides is 1. The van der Waals surface area contributed by atoms with Gasteiger partial charge in [0.1, 0.15) is 17.3 Å². The number of anilines is 1. The summed E-state index contributed by atoms with van der Waals surface area (Å²) in [5.41, 5.74) is -0.115. The highest BCUT2D eigenvalue weighted by Gasteiger charge is 2.33. The smallest absolute Gasteiger partial charge is 0.292 e. The second-order valence-corrected chi connectivity index (χ2v) is 8.74. The van der Waals surface area contributed by atoms with Crippen LogP contribution < -0.4 is 5.32 Å². The molecule has 2 aromatic rings. The highest BCUT2D eigenvalue weighted by atomic mass is 32.2. The Bertz CT molecular complexity index is 1070. The lowest BCUT2D eigenvalue weighted by molar-refractivity contribution is -0.383. The van der Waals surface area contributed by atoms with E-state index in [-0.39, 0.29) is 44.0 Å². The minimum atomic E-state index is -4.32. The molecule has 1 N–H and O–H groups in total. The van der Waals surface area contributed by atoms with E-state index in [2.05, 4.69) is 5.32 Å². The number of nitrogens with one attached hydrogen (secondary N) is 1. The molecule has 1 saturated heterocycles. The molecule has 0 bridgehead atoms. The van der Waals surface area contributed by atoms with E-state index >= 15 is 0 Å². The first-order chi connectivity index (χ1) is 14.7. The first kappa shape index (κ1) is 22.7. The van der Waals surface area contributed by atoms with Crippen molar-refractivity contribution >= 4 is 27.3 Å². The Morgan fingerprint density at radius 3 is 2.26 bits per heavy atom. The van der Waals surface area contributed by atoms with Gasteiger partial charge in [-0.25, -0.2) is 17.2 Å². The van der Waals surface area contributed by atoms with Crippen molar-refractivity contribution in [2.45, 2.75) is 11.3 Å². The third kappa shape index (κ3) is 5.21. The van der Waals surface area contributed by atoms with Gasteiger partial charge in [-0.2, -0.15) is 4.31 Å². The second kappa shape index (κ2) is 9.45. The summed E-state index contributed by atoms with van der Waals surface area (Å²) in [6, 6.07) is 8.66. The van der Waals surface area contributed by atoms with E-state index in [1.165, 1.54) is 18.2 Å². The lowest BCUT2D eigenvalue weighted by Gasteiger charge is -2.33. The number of nitro groups is 1. The van der Waals surface area contributed by atoms with Crippen molar-refractivity contribution in [1.29, 1.82) is 0 Å². The number of rotatable bonds is 7. The minimum absolute atomic E-state index is 0.0158. The molecule has 2 aromatic carbocycles. The van der Waals surface area contributed by atoms with Crippen LogP contribution in [-0.4, -0.2) is 61.2 Å². The van der Waals surface area contributed by atoms with Crippen molar-refractivity contribution in [3.8, 4) is 0 Å². The molecule has 1 aliphatic heterocycles. The molecule has 31 heavy (non-hydrogen) atoms. The first-order valence-corrected chi connectivity index (χ1v) is 10.8. The zero-order valence-electron chi connectivity index (χ0n) is 16.3. The van der Waals surface area contributed by atoms with Crippen molar-refractivity contribution in [3.05, 3.63) is 64.2 Å². The summed E-state index contributed by atoms with van der Waals surface area (Å²) >= 11 is 0. The third-order valence-electron chi connectivity index (χ3n) is 4.88. The van der Waals surface area contributed by atoms with E-state index in [1.807, 2.05) is 4.90 Å². The van der Waals surface area contributed by atoms with Crippen molar-refractivity contribution < 1.29 is 26.9 Å². The fraction of sp³-hybridized carbons (Fsp3) is 0.316. The van der Waals surface area contributed by atoms with Crippen LogP contribution in [0.3, 0.4) is 0 Å². The molecule has 12 heteroatoms. The molecule has 0 saturated carbocycles. The maximum atomic E-state index is 13.9. The number of carbonyl (C=O) groups excluding carboxylic acids is 1. The minimum Gasteiger partial charge on any atom is -0.320 e. The van der Waals surface area contributed by atoms with Crippen LogP contribution >= 0.6 is 0 Å². The molecule has 1 aliphatic rings. The number of nitro benzene ring substituents is 1. The number of hydrogen-bond donors (Lipinski definition) is 1. The normalized spacial score (nSPS) is 15.5. The van der Waals surface area contributed by atoms with Gasteiger partial charge in [-0.05, 0) is 18.2 Å². The molecular formula is C19H20F2N4O5S. The molecule has 0 unspecified atom stereocenters. The SMILES string of the molecule is O=C(CCN1CCN(S(=O)(=O)c2c(F)cccc2F)CC1)Nc1ccccc1[N+](=O)[O-]. The Kier molecular flexibility index (Phi) is 6.93. The van der Waals surface area contributed by atoms with E-state index in [0.29, 0.717) is 6.54 Å². The summed E-state index contributed by atoms with van der Waals surface area (Å²) in [5.74, 6) is -2.71. The Morgan fingerprint density at radius 1 is 1.03 bits per heavy atom. The van der Waals surface area contributed by atoms with E-state index in [0.717, 1.165) is 22.5 Å². The third-order valence-corrected chi connectivity index (χ3v) is 6.83. The predicted molar refractivity (Wildman–Crippen MR) is 108 cm³/mol. The highest BCUT2D eigenvalue weighted by molar-refractivity contribution is 7.89. The summed E-state index contributed by atoms with van der Waals surface area (Å²) in [6.07, 6.45) is 0.0424. The number of benzene rings is 2. The van der Waals surface area contributed by atoms with Crippen LogP contribution in [0.1, 0.15) is 6.42 Å². The van der Waals surface area contributed by atoms with E-state index in [1.54, 1.807) is 6.07 Å². The highest BCUT2D eigenvalue weighted by Crippen LogP contribution is 2.24. The average molecular weight is 454 g/mol. The Hall–Kier alpha value is -2.96. The fourth-order valence-electron chi connectivity index (χ4n) is 3.26. The van der Waals surface area contributed by atoms with E-state index in [9.17, 15) is 32.1 Å². The van der Waals surface area contributed by atoms with Crippen LogP contribution in [0.2, 0.25) is 0 Å². The van der Waals surface area contributed by atoms with Crippen LogP contribution in [0.25, 0.3) is 0 Å². The standard InChI is InChI=1S/C19H20F2N4O5S/c20-14-4-3-5-15(21)19(14)31(29,30)24-12-10-23(11-13-24)9-8-18(26)22-16-6-1-2-7-17(16)25(27)28/h1-7H,8-13H2,(H,22,26). The predicted octanol–water partition coefficient (Wildman–Crippen LogP) is 2.21. The van der Waals surface area contributed by atoms with Gasteiger partial charge in [0.2, 0.25) is 15.9 Å². The maximum Gasteiger partial charge on any atom is 0.292 e. The number of sulfonamides is 1. The van der Waals surface area contributed by atoms with Crippen molar-refractivity contribution in [3.63, 3.8) is 0 Å². The largest absolute Gasteiger partial charge is 0.320 e. The molecule has 3 rings (SSSR count). The number of halogens is 2. The summed E-state index contributed by atoms with van der Waals surface area (Å²) < 4.78 is 54.0. The van der Waals surface area contributed by atoms with Gasteiger partial charge in [-0.3, -0.25) is 14.9 Å². The van der Waals surface area contributed by atoms with Gasteiger partial charge in [0, 0.05) is 45.2 Å². The Balaban J connectivity index is 1.54. The van der Waals surface area contributed by atoms with Crippen LogP contribution in [-0.2, 0) is 14.8 Å². The molecule has 0 spiro atoms. The molecule has 0 atom stereocenters. The molecular weight excluding hydrogens is 434 g/mol. The molecule has 0 radical (unpaired) electrons. The molecule has 9 nitrogen and oxygen atoms in total. The zero-order chi connectivity index (χ0) is 22.6. The maximum absolute atomic E-state index is 13.9. The van der Waals surface area contributed by atoms with Gasteiger partial charge in [-0.15, -0.1) is 0 Å². The second-order valence-electron chi connectivity index (χ2n) is 6.87. The fourth-order valence-corrected chi connectivity index (χ4v) is 4.79. The quantitative estimate of drug-likeness (QED) is 0.507. The van der Waals surface area contributed by atoms with Gasteiger partial charge < -0.3 is 10.2 Å². The molecule has 1 fully saturated rings. The molecule has 0 aliphatic carbocycles. The molecule has 1 amide bonds. The summed E-state index contributed by atoms with van der Waals surface area (Å²) in [6.45, 7) is 0.875. The number of piperazine rings is 1. The lowest BCUT2D eigenvalue weighted by Crippen LogP contribution is -2.49. The summed E-state index contributed by atoms with van der Waals surface area (Å²) in [7, 11) is -4.32. The first-order valence-electron chi connectivity index (χ1n) is 9.40. The van der Waals surface area contributed by atoms with Crippen molar-refractivity contribution in [2.75, 3.05) is 38.0 Å². The van der Waals surface area contributed by atoms with E-state index in [4.69, 9.17) is 0 Å². The monoisotopic (exact) mass is 454 g/mol. The summed E-state index contributed by atoms with van der Waals surface area (Å²) in [5, 5.41) is 13.5. The van der Waals surface area contributed by atoms with Gasteiger partial charge >= 0.3 is 0 Å². The number of nitrogens with zero attached hydrogens (tertiary/aromatic N) is 3. The van der Waals surface area contributed by atoms with Crippen LogP contribution in [0.15, 0.2) is 47.4 Å². The molecule has 166 valence electrons. The molecule has 0 aromatic heterocycles. The van der Waals surface area contributed by atoms with Gasteiger partial charge in [-0.1, -0.05) is 18.2 Å². The topological polar surface area (TPSA) is 113 Å². The number of carbonyl (C=O) groups is 1. The van der Waals surface area contributed by atoms with Crippen molar-refractivity contribution in [2.24, 2.45) is 0 Å². The Labute approximate surface area is 177 Å². The zero-order valence-corrected chi connectivity index (χ0v) is 17.1. The number of hydrogen-bond acceptors (Lipinski definition) is 6. The van der Waals surface area contributed by atoms with Crippen LogP contribution in [0, 0.1) is 21.7 Å². The van der Waals surface area contributed by atoms with Gasteiger partial charge in [0.25, 0.3) is 5.69 Å². The Morgan fingerprint density at radius 2 is 1.65 bits per heavy atom. The number of para-hydroxylation sites is 2. The van der Waals surface area contributed by atoms with E-state index < -0.39 is 37.4 Å². The molecule has 1 heterocycles. The van der Waals surface area contributed by atoms with Crippen LogP contribution in [0.5, 0.6) is 0 Å². The van der Waals surface area contributed by atoms with Crippen molar-refractivity contribution in [1.82, 2.24) is 9.21 Å². The average Bonchev–Trinajstić information content (AvgIpc) is 2.72. The summed E-state index contributed by atoms with van der Waals surface area (Å²) in [4.78, 5) is 23.5. The lowest BCUT2D eigenvalue weighted by atomic mass is 10.2. The van der Waals surface area contributed by atoms with Gasteiger partial charge in [0.15, 0.2) is 4.90 Å².